The lowest BCUT2D eigenvalue weighted by molar-refractivity contribution is -0.385. The average Bonchev–Trinajstić information content (AvgIpc) is 2.55. The van der Waals surface area contributed by atoms with Crippen LogP contribution in [-0.2, 0) is 0 Å². The number of rotatable bonds is 5. The molecule has 0 amide bonds. The molecule has 0 aromatic heterocycles. The van der Waals surface area contributed by atoms with Gasteiger partial charge in [0.05, 0.1) is 29.5 Å². The zero-order valence-electron chi connectivity index (χ0n) is 12.2. The maximum Gasteiger partial charge on any atom is 0.278 e. The number of thiocarbonyl (C=S) groups is 1. The van der Waals surface area contributed by atoms with Crippen molar-refractivity contribution in [3.8, 4) is 5.75 Å². The number of nitrogens with one attached hydrogen (secondary N) is 2. The van der Waals surface area contributed by atoms with E-state index < -0.39 is 4.92 Å². The molecule has 8 heteroatoms. The second-order valence-electron chi connectivity index (χ2n) is 4.34. The van der Waals surface area contributed by atoms with Gasteiger partial charge in [-0.25, -0.2) is 0 Å². The molecule has 2 rings (SSSR count). The first-order valence-corrected chi connectivity index (χ1v) is 6.99. The molecule has 0 aliphatic heterocycles. The van der Waals surface area contributed by atoms with Crippen molar-refractivity contribution in [3.63, 3.8) is 0 Å². The van der Waals surface area contributed by atoms with Gasteiger partial charge in [-0.3, -0.25) is 15.5 Å². The minimum absolute atomic E-state index is 0.0262. The Morgan fingerprint density at radius 1 is 1.26 bits per heavy atom. The number of ether oxygens (including phenoxy) is 1. The van der Waals surface area contributed by atoms with Gasteiger partial charge in [0, 0.05) is 6.07 Å². The Balaban J connectivity index is 2.01. The summed E-state index contributed by atoms with van der Waals surface area (Å²) in [6, 6.07) is 13.6. The summed E-state index contributed by atoms with van der Waals surface area (Å²) in [5.74, 6) is 0.638. The van der Waals surface area contributed by atoms with E-state index in [4.69, 9.17) is 17.0 Å². The average molecular weight is 330 g/mol. The number of methoxy groups -OCH3 is 1. The molecule has 23 heavy (non-hydrogen) atoms. The molecule has 0 spiro atoms. The Morgan fingerprint density at radius 3 is 2.70 bits per heavy atom. The minimum Gasteiger partial charge on any atom is -0.495 e. The Morgan fingerprint density at radius 2 is 1.96 bits per heavy atom. The Labute approximate surface area is 138 Å². The number of anilines is 1. The fraction of sp³-hybridized carbons (Fsp3) is 0.0667. The van der Waals surface area contributed by atoms with Crippen molar-refractivity contribution in [2.75, 3.05) is 12.4 Å². The van der Waals surface area contributed by atoms with Gasteiger partial charge < -0.3 is 10.1 Å². The van der Waals surface area contributed by atoms with Crippen molar-refractivity contribution in [1.29, 1.82) is 0 Å². The van der Waals surface area contributed by atoms with Crippen LogP contribution in [0.25, 0.3) is 0 Å². The molecule has 0 saturated heterocycles. The number of benzene rings is 2. The highest BCUT2D eigenvalue weighted by molar-refractivity contribution is 7.80. The van der Waals surface area contributed by atoms with Crippen LogP contribution in [0, 0.1) is 10.1 Å². The number of hydrogen-bond acceptors (Lipinski definition) is 5. The first-order valence-electron chi connectivity index (χ1n) is 6.58. The van der Waals surface area contributed by atoms with Crippen LogP contribution in [0.4, 0.5) is 11.4 Å². The van der Waals surface area contributed by atoms with Crippen molar-refractivity contribution in [1.82, 2.24) is 5.43 Å². The molecule has 0 radical (unpaired) electrons. The highest BCUT2D eigenvalue weighted by Gasteiger charge is 2.10. The molecular formula is C15H14N4O3S. The second-order valence-corrected chi connectivity index (χ2v) is 4.75. The number of nitro benzene ring substituents is 1. The summed E-state index contributed by atoms with van der Waals surface area (Å²) in [5.41, 5.74) is 3.65. The van der Waals surface area contributed by atoms with Gasteiger partial charge in [-0.1, -0.05) is 24.3 Å². The molecule has 2 aromatic carbocycles. The molecular weight excluding hydrogens is 316 g/mol. The predicted octanol–water partition coefficient (Wildman–Crippen LogP) is 2.92. The van der Waals surface area contributed by atoms with Gasteiger partial charge in [0.25, 0.3) is 5.69 Å². The van der Waals surface area contributed by atoms with Gasteiger partial charge in [0.15, 0.2) is 5.11 Å². The minimum atomic E-state index is -0.466. The molecule has 0 fully saturated rings. The molecule has 0 aliphatic rings. The van der Waals surface area contributed by atoms with Gasteiger partial charge in [0.1, 0.15) is 5.75 Å². The molecule has 0 saturated carbocycles. The van der Waals surface area contributed by atoms with Gasteiger partial charge in [0.2, 0.25) is 0 Å². The van der Waals surface area contributed by atoms with Gasteiger partial charge in [-0.15, -0.1) is 0 Å². The number of hydrazone groups is 1. The molecule has 0 atom stereocenters. The molecule has 118 valence electrons. The smallest absolute Gasteiger partial charge is 0.278 e. The van der Waals surface area contributed by atoms with Gasteiger partial charge in [-0.2, -0.15) is 5.10 Å². The maximum absolute atomic E-state index is 10.9. The quantitative estimate of drug-likeness (QED) is 0.379. The van der Waals surface area contributed by atoms with Crippen molar-refractivity contribution in [2.24, 2.45) is 5.10 Å². The number of nitrogens with zero attached hydrogens (tertiary/aromatic N) is 2. The van der Waals surface area contributed by atoms with Gasteiger partial charge >= 0.3 is 0 Å². The highest BCUT2D eigenvalue weighted by atomic mass is 32.1. The largest absolute Gasteiger partial charge is 0.495 e. The molecule has 2 aromatic rings. The van der Waals surface area contributed by atoms with E-state index in [2.05, 4.69) is 15.8 Å². The van der Waals surface area contributed by atoms with E-state index in [9.17, 15) is 10.1 Å². The zero-order chi connectivity index (χ0) is 16.7. The molecule has 0 heterocycles. The SMILES string of the molecule is COc1ccccc1NC(=S)N/N=C\c1ccccc1[N+](=O)[O-]. The number of nitro groups is 1. The molecule has 2 N–H and O–H groups in total. The Hall–Kier alpha value is -3.00. The Bertz CT molecular complexity index is 749. The maximum atomic E-state index is 10.9. The van der Waals surface area contributed by atoms with E-state index in [-0.39, 0.29) is 10.8 Å². The third-order valence-corrected chi connectivity index (χ3v) is 3.05. The van der Waals surface area contributed by atoms with Crippen molar-refractivity contribution < 1.29 is 9.66 Å². The van der Waals surface area contributed by atoms with E-state index >= 15 is 0 Å². The van der Waals surface area contributed by atoms with Crippen LogP contribution in [-0.4, -0.2) is 23.4 Å². The summed E-state index contributed by atoms with van der Waals surface area (Å²) in [6.45, 7) is 0. The lowest BCUT2D eigenvalue weighted by atomic mass is 10.2. The van der Waals surface area contributed by atoms with Crippen LogP contribution in [0.2, 0.25) is 0 Å². The standard InChI is InChI=1S/C15H14N4O3S/c1-22-14-9-5-3-7-12(14)17-15(23)18-16-10-11-6-2-4-8-13(11)19(20)21/h2-10H,1H3,(H2,17,18,23)/b16-10-. The fourth-order valence-electron chi connectivity index (χ4n) is 1.82. The van der Waals surface area contributed by atoms with Crippen molar-refractivity contribution in [3.05, 3.63) is 64.2 Å². The molecule has 7 nitrogen and oxygen atoms in total. The topological polar surface area (TPSA) is 88.8 Å². The normalized spacial score (nSPS) is 10.3. The van der Waals surface area contributed by atoms with Crippen molar-refractivity contribution >= 4 is 34.9 Å². The predicted molar refractivity (Wildman–Crippen MR) is 93.0 cm³/mol. The van der Waals surface area contributed by atoms with Crippen LogP contribution in [0.1, 0.15) is 5.56 Å². The molecule has 0 unspecified atom stereocenters. The van der Waals surface area contributed by atoms with Crippen LogP contribution in [0.15, 0.2) is 53.6 Å². The summed E-state index contributed by atoms with van der Waals surface area (Å²) in [6.07, 6.45) is 1.34. The van der Waals surface area contributed by atoms with Crippen LogP contribution in [0.5, 0.6) is 5.75 Å². The Kier molecular flexibility index (Phi) is 5.59. The molecule has 0 bridgehead atoms. The number of para-hydroxylation sites is 3. The highest BCUT2D eigenvalue weighted by Crippen LogP contribution is 2.22. The third kappa shape index (κ3) is 4.48. The lowest BCUT2D eigenvalue weighted by Gasteiger charge is -2.10. The second kappa shape index (κ2) is 7.85. The first-order chi connectivity index (χ1) is 11.1. The lowest BCUT2D eigenvalue weighted by Crippen LogP contribution is -2.24. The van der Waals surface area contributed by atoms with Crippen LogP contribution < -0.4 is 15.5 Å². The summed E-state index contributed by atoms with van der Waals surface area (Å²) in [4.78, 5) is 10.4. The van der Waals surface area contributed by atoms with E-state index in [1.165, 1.54) is 12.3 Å². The first kappa shape index (κ1) is 16.4. The summed E-state index contributed by atoms with van der Waals surface area (Å²) >= 11 is 5.12. The third-order valence-electron chi connectivity index (χ3n) is 2.86. The van der Waals surface area contributed by atoms with Crippen LogP contribution in [0.3, 0.4) is 0 Å². The van der Waals surface area contributed by atoms with E-state index in [1.807, 2.05) is 12.1 Å². The summed E-state index contributed by atoms with van der Waals surface area (Å²) in [5, 5.41) is 18.0. The monoisotopic (exact) mass is 330 g/mol. The van der Waals surface area contributed by atoms with E-state index in [0.29, 0.717) is 17.0 Å². The van der Waals surface area contributed by atoms with Crippen molar-refractivity contribution in [2.45, 2.75) is 0 Å². The number of hydrogen-bond donors (Lipinski definition) is 2. The fourth-order valence-corrected chi connectivity index (χ4v) is 1.98. The summed E-state index contributed by atoms with van der Waals surface area (Å²) in [7, 11) is 1.56. The summed E-state index contributed by atoms with van der Waals surface area (Å²) < 4.78 is 5.20. The van der Waals surface area contributed by atoms with E-state index in [0.717, 1.165) is 0 Å². The molecule has 0 aliphatic carbocycles. The van der Waals surface area contributed by atoms with Gasteiger partial charge in [-0.05, 0) is 30.4 Å². The van der Waals surface area contributed by atoms with Crippen LogP contribution >= 0.6 is 12.2 Å². The zero-order valence-corrected chi connectivity index (χ0v) is 13.0. The van der Waals surface area contributed by atoms with E-state index in [1.54, 1.807) is 37.4 Å².